The molecule has 2 aromatic carbocycles. The Kier molecular flexibility index (Phi) is 5.75. The van der Waals surface area contributed by atoms with Gasteiger partial charge >= 0.3 is 0 Å². The van der Waals surface area contributed by atoms with Gasteiger partial charge in [0.15, 0.2) is 0 Å². The summed E-state index contributed by atoms with van der Waals surface area (Å²) in [4.78, 5) is 9.98. The molecule has 0 spiro atoms. The molecule has 0 unspecified atom stereocenters. The third kappa shape index (κ3) is 4.69. The van der Waals surface area contributed by atoms with E-state index in [0.717, 1.165) is 25.0 Å². The fourth-order valence-electron chi connectivity index (χ4n) is 1.91. The van der Waals surface area contributed by atoms with Crippen molar-refractivity contribution in [2.45, 2.75) is 24.7 Å². The standard InChI is InChI=1S/C16H18N2O5S/c1-2-3-12-23-15-8-4-13(5-9-15)17-24(21,22)16-10-6-14(7-11-16)18(19)20/h4-11,17H,2-3,12H2,1H3. The molecular weight excluding hydrogens is 332 g/mol. The summed E-state index contributed by atoms with van der Waals surface area (Å²) >= 11 is 0. The van der Waals surface area contributed by atoms with E-state index in [9.17, 15) is 18.5 Å². The molecule has 0 aromatic heterocycles. The normalized spacial score (nSPS) is 11.0. The first-order chi connectivity index (χ1) is 11.4. The molecule has 0 radical (unpaired) electrons. The SMILES string of the molecule is CCCCOc1ccc(NS(=O)(=O)c2ccc([N+](=O)[O-])cc2)cc1. The molecule has 1 N–H and O–H groups in total. The first-order valence-electron chi connectivity index (χ1n) is 7.42. The summed E-state index contributed by atoms with van der Waals surface area (Å²) in [6.07, 6.45) is 1.99. The fourth-order valence-corrected chi connectivity index (χ4v) is 2.97. The highest BCUT2D eigenvalue weighted by atomic mass is 32.2. The Hall–Kier alpha value is -2.61. The number of nitro benzene ring substituents is 1. The minimum atomic E-state index is -3.80. The van der Waals surface area contributed by atoms with Gasteiger partial charge in [-0.25, -0.2) is 8.42 Å². The van der Waals surface area contributed by atoms with Crippen LogP contribution >= 0.6 is 0 Å². The fraction of sp³-hybridized carbons (Fsp3) is 0.250. The Bertz CT molecular complexity index is 786. The molecular formula is C16H18N2O5S. The summed E-state index contributed by atoms with van der Waals surface area (Å²) in [5.74, 6) is 0.668. The first-order valence-corrected chi connectivity index (χ1v) is 8.91. The van der Waals surface area contributed by atoms with Crippen LogP contribution in [0.15, 0.2) is 53.4 Å². The van der Waals surface area contributed by atoms with Crippen molar-refractivity contribution in [2.75, 3.05) is 11.3 Å². The molecule has 2 rings (SSSR count). The number of unbranched alkanes of at least 4 members (excludes halogenated alkanes) is 1. The lowest BCUT2D eigenvalue weighted by molar-refractivity contribution is -0.384. The van der Waals surface area contributed by atoms with E-state index in [1.165, 1.54) is 12.1 Å². The Morgan fingerprint density at radius 1 is 1.08 bits per heavy atom. The molecule has 0 aliphatic carbocycles. The largest absolute Gasteiger partial charge is 0.494 e. The van der Waals surface area contributed by atoms with Crippen LogP contribution < -0.4 is 9.46 Å². The van der Waals surface area contributed by atoms with Crippen LogP contribution in [0.2, 0.25) is 0 Å². The van der Waals surface area contributed by atoms with Gasteiger partial charge in [0.25, 0.3) is 15.7 Å². The zero-order valence-electron chi connectivity index (χ0n) is 13.1. The number of non-ortho nitro benzene ring substituents is 1. The van der Waals surface area contributed by atoms with Gasteiger partial charge in [0, 0.05) is 17.8 Å². The lowest BCUT2D eigenvalue weighted by Gasteiger charge is -2.09. The van der Waals surface area contributed by atoms with Crippen molar-refractivity contribution in [1.29, 1.82) is 0 Å². The molecule has 0 fully saturated rings. The van der Waals surface area contributed by atoms with Crippen molar-refractivity contribution in [3.05, 3.63) is 58.6 Å². The van der Waals surface area contributed by atoms with Crippen molar-refractivity contribution in [3.63, 3.8) is 0 Å². The Morgan fingerprint density at radius 2 is 1.71 bits per heavy atom. The van der Waals surface area contributed by atoms with Crippen LogP contribution in [0, 0.1) is 10.1 Å². The Morgan fingerprint density at radius 3 is 2.25 bits per heavy atom. The molecule has 24 heavy (non-hydrogen) atoms. The van der Waals surface area contributed by atoms with E-state index in [2.05, 4.69) is 11.6 Å². The molecule has 0 heterocycles. The molecule has 2 aromatic rings. The summed E-state index contributed by atoms with van der Waals surface area (Å²) in [5.41, 5.74) is 0.221. The third-order valence-electron chi connectivity index (χ3n) is 3.23. The number of sulfonamides is 1. The number of nitrogens with one attached hydrogen (secondary N) is 1. The topological polar surface area (TPSA) is 98.5 Å². The summed E-state index contributed by atoms with van der Waals surface area (Å²) in [6, 6.07) is 11.3. The van der Waals surface area contributed by atoms with Gasteiger partial charge in [0.1, 0.15) is 5.75 Å². The van der Waals surface area contributed by atoms with E-state index < -0.39 is 14.9 Å². The highest BCUT2D eigenvalue weighted by Gasteiger charge is 2.16. The lowest BCUT2D eigenvalue weighted by Crippen LogP contribution is -2.12. The van der Waals surface area contributed by atoms with E-state index in [1.807, 2.05) is 0 Å². The second-order valence-corrected chi connectivity index (χ2v) is 6.77. The quantitative estimate of drug-likeness (QED) is 0.446. The summed E-state index contributed by atoms with van der Waals surface area (Å²) in [5, 5.41) is 10.6. The highest BCUT2D eigenvalue weighted by Crippen LogP contribution is 2.21. The number of benzene rings is 2. The van der Waals surface area contributed by atoms with Crippen molar-refractivity contribution in [3.8, 4) is 5.75 Å². The van der Waals surface area contributed by atoms with E-state index >= 15 is 0 Å². The first kappa shape index (κ1) is 17.7. The second kappa shape index (κ2) is 7.78. The van der Waals surface area contributed by atoms with E-state index in [4.69, 9.17) is 4.74 Å². The number of rotatable bonds is 8. The van der Waals surface area contributed by atoms with Crippen molar-refractivity contribution < 1.29 is 18.1 Å². The average molecular weight is 350 g/mol. The van der Waals surface area contributed by atoms with Crippen molar-refractivity contribution in [1.82, 2.24) is 0 Å². The maximum atomic E-state index is 12.3. The number of hydrogen-bond donors (Lipinski definition) is 1. The van der Waals surface area contributed by atoms with E-state index in [1.54, 1.807) is 24.3 Å². The van der Waals surface area contributed by atoms with Gasteiger partial charge in [-0.3, -0.25) is 14.8 Å². The van der Waals surface area contributed by atoms with Crippen molar-refractivity contribution >= 4 is 21.4 Å². The van der Waals surface area contributed by atoms with Gasteiger partial charge in [-0.1, -0.05) is 13.3 Å². The van der Waals surface area contributed by atoms with Crippen LogP contribution in [-0.2, 0) is 10.0 Å². The molecule has 0 saturated carbocycles. The Balaban J connectivity index is 2.07. The predicted octanol–water partition coefficient (Wildman–Crippen LogP) is 3.57. The monoisotopic (exact) mass is 350 g/mol. The number of nitro groups is 1. The van der Waals surface area contributed by atoms with Gasteiger partial charge in [0.2, 0.25) is 0 Å². The number of hydrogen-bond acceptors (Lipinski definition) is 5. The van der Waals surface area contributed by atoms with Crippen LogP contribution in [0.1, 0.15) is 19.8 Å². The molecule has 8 heteroatoms. The van der Waals surface area contributed by atoms with Crippen LogP contribution in [0.5, 0.6) is 5.75 Å². The van der Waals surface area contributed by atoms with Crippen LogP contribution in [0.3, 0.4) is 0 Å². The van der Waals surface area contributed by atoms with E-state index in [0.29, 0.717) is 18.0 Å². The average Bonchev–Trinajstić information content (AvgIpc) is 2.56. The molecule has 0 aliphatic heterocycles. The minimum Gasteiger partial charge on any atom is -0.494 e. The number of nitrogens with zero attached hydrogens (tertiary/aromatic N) is 1. The van der Waals surface area contributed by atoms with Crippen LogP contribution in [-0.4, -0.2) is 19.9 Å². The maximum Gasteiger partial charge on any atom is 0.269 e. The molecule has 128 valence electrons. The molecule has 7 nitrogen and oxygen atoms in total. The van der Waals surface area contributed by atoms with E-state index in [-0.39, 0.29) is 10.6 Å². The smallest absolute Gasteiger partial charge is 0.269 e. The van der Waals surface area contributed by atoms with Crippen LogP contribution in [0.4, 0.5) is 11.4 Å². The predicted molar refractivity (Wildman–Crippen MR) is 90.7 cm³/mol. The summed E-state index contributed by atoms with van der Waals surface area (Å²) in [6.45, 7) is 2.68. The summed E-state index contributed by atoms with van der Waals surface area (Å²) in [7, 11) is -3.80. The maximum absolute atomic E-state index is 12.3. The molecule has 0 aliphatic rings. The highest BCUT2D eigenvalue weighted by molar-refractivity contribution is 7.92. The second-order valence-electron chi connectivity index (χ2n) is 5.08. The van der Waals surface area contributed by atoms with Gasteiger partial charge in [-0.15, -0.1) is 0 Å². The van der Waals surface area contributed by atoms with Crippen molar-refractivity contribution in [2.24, 2.45) is 0 Å². The van der Waals surface area contributed by atoms with Gasteiger partial charge in [0.05, 0.1) is 16.4 Å². The van der Waals surface area contributed by atoms with Gasteiger partial charge < -0.3 is 4.74 Å². The van der Waals surface area contributed by atoms with Gasteiger partial charge in [-0.05, 0) is 42.8 Å². The third-order valence-corrected chi connectivity index (χ3v) is 4.63. The molecule has 0 atom stereocenters. The zero-order valence-corrected chi connectivity index (χ0v) is 14.0. The zero-order chi connectivity index (χ0) is 17.6. The molecule has 0 bridgehead atoms. The molecule has 0 saturated heterocycles. The molecule has 0 amide bonds. The number of anilines is 1. The summed E-state index contributed by atoms with van der Waals surface area (Å²) < 4.78 is 32.5. The van der Waals surface area contributed by atoms with Gasteiger partial charge in [-0.2, -0.15) is 0 Å². The lowest BCUT2D eigenvalue weighted by atomic mass is 10.3. The minimum absolute atomic E-state index is 0.0450. The Labute approximate surface area is 140 Å². The van der Waals surface area contributed by atoms with Crippen LogP contribution in [0.25, 0.3) is 0 Å². The number of ether oxygens (including phenoxy) is 1.